The van der Waals surface area contributed by atoms with Gasteiger partial charge in [0.25, 0.3) is 0 Å². The number of halogens is 1. The molecule has 0 saturated carbocycles. The minimum absolute atomic E-state index is 0. The van der Waals surface area contributed by atoms with Gasteiger partial charge in [0.05, 0.1) is 18.8 Å². The van der Waals surface area contributed by atoms with Crippen LogP contribution in [0.1, 0.15) is 12.5 Å². The van der Waals surface area contributed by atoms with Gasteiger partial charge in [-0.25, -0.2) is 4.99 Å². The first-order valence-electron chi connectivity index (χ1n) is 10.5. The van der Waals surface area contributed by atoms with E-state index >= 15 is 0 Å². The summed E-state index contributed by atoms with van der Waals surface area (Å²) in [6, 6.07) is 15.5. The number of anilines is 1. The van der Waals surface area contributed by atoms with Crippen molar-refractivity contribution in [2.75, 3.05) is 57.9 Å². The van der Waals surface area contributed by atoms with E-state index in [9.17, 15) is 5.11 Å². The predicted molar refractivity (Wildman–Crippen MR) is 136 cm³/mol. The minimum atomic E-state index is 0. The summed E-state index contributed by atoms with van der Waals surface area (Å²) in [5, 5.41) is 13.5. The molecule has 31 heavy (non-hydrogen) atoms. The van der Waals surface area contributed by atoms with Gasteiger partial charge in [0.2, 0.25) is 0 Å². The molecule has 0 bridgehead atoms. The van der Waals surface area contributed by atoms with Crippen molar-refractivity contribution in [2.45, 2.75) is 13.5 Å². The predicted octanol–water partition coefficient (Wildman–Crippen LogP) is 3.32. The monoisotopic (exact) mass is 540 g/mol. The van der Waals surface area contributed by atoms with Gasteiger partial charge in [0.1, 0.15) is 18.1 Å². The number of piperazine rings is 1. The lowest BCUT2D eigenvalue weighted by molar-refractivity contribution is 0.146. The van der Waals surface area contributed by atoms with Crippen LogP contribution >= 0.6 is 24.0 Å². The molecule has 0 amide bonds. The second kappa shape index (κ2) is 13.3. The van der Waals surface area contributed by atoms with E-state index in [0.717, 1.165) is 55.7 Å². The Hall–Kier alpha value is -2.20. The van der Waals surface area contributed by atoms with Crippen molar-refractivity contribution in [1.29, 1.82) is 0 Å². The Morgan fingerprint density at radius 3 is 2.39 bits per heavy atom. The van der Waals surface area contributed by atoms with Gasteiger partial charge in [0.15, 0.2) is 5.96 Å². The number of benzene rings is 2. The highest BCUT2D eigenvalue weighted by atomic mass is 127. The zero-order valence-corrected chi connectivity index (χ0v) is 20.6. The van der Waals surface area contributed by atoms with Crippen LogP contribution in [0.25, 0.3) is 0 Å². The Morgan fingerprint density at radius 2 is 1.74 bits per heavy atom. The lowest BCUT2D eigenvalue weighted by Gasteiger charge is -2.37. The average molecular weight is 540 g/mol. The summed E-state index contributed by atoms with van der Waals surface area (Å²) in [4.78, 5) is 9.33. The van der Waals surface area contributed by atoms with Gasteiger partial charge in [-0.3, -0.25) is 0 Å². The summed E-state index contributed by atoms with van der Waals surface area (Å²) in [5.74, 6) is 2.10. The lowest BCUT2D eigenvalue weighted by Crippen LogP contribution is -2.52. The Kier molecular flexibility index (Phi) is 10.7. The highest BCUT2D eigenvalue weighted by Gasteiger charge is 2.21. The molecule has 0 unspecified atom stereocenters. The lowest BCUT2D eigenvalue weighted by atomic mass is 10.2. The maximum absolute atomic E-state index is 10.1. The Labute approximate surface area is 202 Å². The third-order valence-corrected chi connectivity index (χ3v) is 5.03. The van der Waals surface area contributed by atoms with Crippen LogP contribution in [-0.4, -0.2) is 69.0 Å². The van der Waals surface area contributed by atoms with Crippen LogP contribution in [0.5, 0.6) is 11.5 Å². The van der Waals surface area contributed by atoms with Crippen LogP contribution in [0.4, 0.5) is 5.69 Å². The quantitative estimate of drug-likeness (QED) is 0.232. The molecule has 0 aliphatic carbocycles. The molecule has 0 atom stereocenters. The number of nitrogens with one attached hydrogen (secondary N) is 1. The fraction of sp³-hybridized carbons (Fsp3) is 0.435. The van der Waals surface area contributed by atoms with Gasteiger partial charge >= 0.3 is 0 Å². The first kappa shape index (κ1) is 25.1. The summed E-state index contributed by atoms with van der Waals surface area (Å²) in [5.41, 5.74) is 2.03. The van der Waals surface area contributed by atoms with Crippen molar-refractivity contribution < 1.29 is 14.6 Å². The van der Waals surface area contributed by atoms with Crippen LogP contribution < -0.4 is 15.0 Å². The summed E-state index contributed by atoms with van der Waals surface area (Å²) in [7, 11) is 1.66. The van der Waals surface area contributed by atoms with Crippen molar-refractivity contribution in [3.63, 3.8) is 0 Å². The number of methoxy groups -OCH3 is 1. The van der Waals surface area contributed by atoms with E-state index in [1.807, 2.05) is 42.5 Å². The Balaban J connectivity index is 0.00000341. The molecule has 1 aliphatic rings. The molecule has 8 heteroatoms. The number of aliphatic imine (C=N–C) groups is 1. The molecule has 3 rings (SSSR count). The van der Waals surface area contributed by atoms with Crippen LogP contribution in [0.2, 0.25) is 0 Å². The number of ether oxygens (including phenoxy) is 2. The topological polar surface area (TPSA) is 69.6 Å². The maximum Gasteiger partial charge on any atom is 0.194 e. The fourth-order valence-electron chi connectivity index (χ4n) is 3.42. The third kappa shape index (κ3) is 7.46. The van der Waals surface area contributed by atoms with E-state index in [2.05, 4.69) is 22.0 Å². The first-order chi connectivity index (χ1) is 14.7. The summed E-state index contributed by atoms with van der Waals surface area (Å²) < 4.78 is 10.6. The van der Waals surface area contributed by atoms with Gasteiger partial charge < -0.3 is 29.7 Å². The number of aromatic hydroxyl groups is 1. The van der Waals surface area contributed by atoms with Crippen molar-refractivity contribution >= 4 is 35.6 Å². The molecule has 2 aromatic rings. The van der Waals surface area contributed by atoms with Crippen LogP contribution in [0.15, 0.2) is 53.5 Å². The van der Waals surface area contributed by atoms with Crippen LogP contribution in [0.3, 0.4) is 0 Å². The van der Waals surface area contributed by atoms with Crippen LogP contribution in [0, 0.1) is 0 Å². The van der Waals surface area contributed by atoms with Gasteiger partial charge in [0, 0.05) is 39.8 Å². The van der Waals surface area contributed by atoms with E-state index < -0.39 is 0 Å². The van der Waals surface area contributed by atoms with E-state index in [1.54, 1.807) is 13.2 Å². The molecule has 7 nitrogen and oxygen atoms in total. The van der Waals surface area contributed by atoms with Gasteiger partial charge in [-0.2, -0.15) is 0 Å². The molecule has 2 N–H and O–H groups in total. The summed E-state index contributed by atoms with van der Waals surface area (Å²) in [6.45, 7) is 8.04. The van der Waals surface area contributed by atoms with E-state index in [4.69, 9.17) is 14.5 Å². The highest BCUT2D eigenvalue weighted by molar-refractivity contribution is 14.0. The van der Waals surface area contributed by atoms with Gasteiger partial charge in [-0.05, 0) is 36.8 Å². The number of phenols is 1. The number of hydrogen-bond donors (Lipinski definition) is 2. The molecular weight excluding hydrogens is 507 g/mol. The zero-order valence-electron chi connectivity index (χ0n) is 18.3. The molecule has 1 aliphatic heterocycles. The average Bonchev–Trinajstić information content (AvgIpc) is 2.78. The Bertz CT molecular complexity index is 809. The highest BCUT2D eigenvalue weighted by Crippen LogP contribution is 2.27. The number of nitrogens with zero attached hydrogens (tertiary/aromatic N) is 3. The largest absolute Gasteiger partial charge is 0.506 e. The molecule has 0 spiro atoms. The second-order valence-corrected chi connectivity index (χ2v) is 7.12. The standard InChI is InChI=1S/C23H32N4O3.HI/c1-3-24-23(25-18-19-8-10-20(11-9-19)30-17-16-29-2)27-14-12-26(13-15-27)21-6-4-5-7-22(21)28;/h4-11,28H,3,12-18H2,1-2H3,(H,24,25);1H. The Morgan fingerprint density at radius 1 is 1.03 bits per heavy atom. The SMILES string of the molecule is CCNC(=NCc1ccc(OCCOC)cc1)N1CCN(c2ccccc2O)CC1.I. The minimum Gasteiger partial charge on any atom is -0.506 e. The van der Waals surface area contributed by atoms with E-state index in [1.165, 1.54) is 0 Å². The van der Waals surface area contributed by atoms with E-state index in [0.29, 0.717) is 25.5 Å². The third-order valence-electron chi connectivity index (χ3n) is 5.03. The molecule has 0 aromatic heterocycles. The van der Waals surface area contributed by atoms with Crippen molar-refractivity contribution in [3.8, 4) is 11.5 Å². The van der Waals surface area contributed by atoms with Gasteiger partial charge in [-0.1, -0.05) is 24.3 Å². The van der Waals surface area contributed by atoms with Crippen molar-refractivity contribution in [2.24, 2.45) is 4.99 Å². The number of rotatable bonds is 8. The summed E-state index contributed by atoms with van der Waals surface area (Å²) in [6.07, 6.45) is 0. The van der Waals surface area contributed by atoms with Crippen LogP contribution in [-0.2, 0) is 11.3 Å². The number of guanidine groups is 1. The van der Waals surface area contributed by atoms with Gasteiger partial charge in [-0.15, -0.1) is 24.0 Å². The summed E-state index contributed by atoms with van der Waals surface area (Å²) >= 11 is 0. The molecule has 2 aromatic carbocycles. The first-order valence-corrected chi connectivity index (χ1v) is 10.5. The maximum atomic E-state index is 10.1. The zero-order chi connectivity index (χ0) is 21.2. The fourth-order valence-corrected chi connectivity index (χ4v) is 3.42. The van der Waals surface area contributed by atoms with Crippen molar-refractivity contribution in [3.05, 3.63) is 54.1 Å². The molecule has 1 heterocycles. The number of hydrogen-bond acceptors (Lipinski definition) is 5. The number of para-hydroxylation sites is 2. The second-order valence-electron chi connectivity index (χ2n) is 7.12. The molecule has 1 saturated heterocycles. The normalized spacial score (nSPS) is 14.2. The molecular formula is C23H33IN4O3. The molecule has 1 fully saturated rings. The molecule has 0 radical (unpaired) electrons. The smallest absolute Gasteiger partial charge is 0.194 e. The van der Waals surface area contributed by atoms with E-state index in [-0.39, 0.29) is 24.0 Å². The van der Waals surface area contributed by atoms with Crippen molar-refractivity contribution in [1.82, 2.24) is 10.2 Å². The number of phenolic OH excluding ortho intramolecular Hbond substituents is 1. The molecule has 170 valence electrons.